The minimum atomic E-state index is -1.08. The van der Waals surface area contributed by atoms with Crippen molar-refractivity contribution in [3.8, 4) is 0 Å². The van der Waals surface area contributed by atoms with Crippen LogP contribution in [0.15, 0.2) is 53.0 Å². The van der Waals surface area contributed by atoms with Gasteiger partial charge in [-0.15, -0.1) is 12.4 Å². The summed E-state index contributed by atoms with van der Waals surface area (Å²) in [6, 6.07) is 14.2. The molecule has 0 aliphatic heterocycles. The molecule has 1 unspecified atom stereocenters. The molecule has 0 saturated heterocycles. The van der Waals surface area contributed by atoms with Crippen molar-refractivity contribution in [2.75, 3.05) is 6.54 Å². The maximum absolute atomic E-state index is 13.7. The largest absolute Gasteiger partial charge is 0.354 e. The summed E-state index contributed by atoms with van der Waals surface area (Å²) in [6.45, 7) is 2.14. The predicted molar refractivity (Wildman–Crippen MR) is 101 cm³/mol. The average molecular weight is 416 g/mol. The first kappa shape index (κ1) is 20.6. The van der Waals surface area contributed by atoms with Crippen LogP contribution < -0.4 is 11.1 Å². The number of halogens is 3. The van der Waals surface area contributed by atoms with Crippen LogP contribution in [0.1, 0.15) is 24.5 Å². The molecule has 6 heteroatoms. The molecule has 0 spiro atoms. The molecule has 1 amide bonds. The highest BCUT2D eigenvalue weighted by molar-refractivity contribution is 9.10. The van der Waals surface area contributed by atoms with Crippen LogP contribution in [0.5, 0.6) is 0 Å². The van der Waals surface area contributed by atoms with Gasteiger partial charge in [-0.25, -0.2) is 4.39 Å². The van der Waals surface area contributed by atoms with E-state index in [0.29, 0.717) is 29.4 Å². The second-order valence-corrected chi connectivity index (χ2v) is 6.58. The van der Waals surface area contributed by atoms with E-state index in [-0.39, 0.29) is 24.1 Å². The number of amides is 1. The SMILES string of the molecule is CC(N)(C(=O)NCCCc1ccc(Br)cc1F)c1ccccc1.Cl. The molecular formula is C18H21BrClFN2O. The summed E-state index contributed by atoms with van der Waals surface area (Å²) in [5, 5.41) is 2.83. The highest BCUT2D eigenvalue weighted by atomic mass is 79.9. The summed E-state index contributed by atoms with van der Waals surface area (Å²) in [5.41, 5.74) is 6.46. The molecule has 0 aliphatic rings. The Balaban J connectivity index is 0.00000288. The van der Waals surface area contributed by atoms with Gasteiger partial charge in [-0.1, -0.05) is 52.3 Å². The summed E-state index contributed by atoms with van der Waals surface area (Å²) in [6.07, 6.45) is 1.21. The molecule has 1 atom stereocenters. The number of hydrogen-bond donors (Lipinski definition) is 2. The van der Waals surface area contributed by atoms with Gasteiger partial charge in [0, 0.05) is 11.0 Å². The van der Waals surface area contributed by atoms with Gasteiger partial charge in [0.15, 0.2) is 0 Å². The lowest BCUT2D eigenvalue weighted by Crippen LogP contribution is -2.49. The lowest BCUT2D eigenvalue weighted by Gasteiger charge is -2.24. The quantitative estimate of drug-likeness (QED) is 0.702. The van der Waals surface area contributed by atoms with E-state index in [1.165, 1.54) is 6.07 Å². The van der Waals surface area contributed by atoms with Crippen molar-refractivity contribution in [2.24, 2.45) is 5.73 Å². The molecule has 0 saturated carbocycles. The zero-order chi connectivity index (χ0) is 16.9. The van der Waals surface area contributed by atoms with E-state index in [4.69, 9.17) is 5.73 Å². The molecule has 2 rings (SSSR count). The fourth-order valence-corrected chi connectivity index (χ4v) is 2.64. The van der Waals surface area contributed by atoms with E-state index >= 15 is 0 Å². The Morgan fingerprint density at radius 2 is 1.92 bits per heavy atom. The Bertz CT molecular complexity index is 680. The molecule has 24 heavy (non-hydrogen) atoms. The van der Waals surface area contributed by atoms with E-state index in [1.807, 2.05) is 36.4 Å². The van der Waals surface area contributed by atoms with Crippen molar-refractivity contribution in [1.29, 1.82) is 0 Å². The van der Waals surface area contributed by atoms with E-state index in [1.54, 1.807) is 13.0 Å². The molecule has 130 valence electrons. The van der Waals surface area contributed by atoms with Crippen LogP contribution >= 0.6 is 28.3 Å². The van der Waals surface area contributed by atoms with Crippen LogP contribution in [-0.4, -0.2) is 12.5 Å². The van der Waals surface area contributed by atoms with Crippen molar-refractivity contribution in [3.05, 3.63) is 69.9 Å². The van der Waals surface area contributed by atoms with Crippen LogP contribution in [0.4, 0.5) is 4.39 Å². The van der Waals surface area contributed by atoms with Crippen LogP contribution in [0, 0.1) is 5.82 Å². The number of nitrogens with two attached hydrogens (primary N) is 1. The van der Waals surface area contributed by atoms with Gasteiger partial charge in [0.2, 0.25) is 5.91 Å². The molecular weight excluding hydrogens is 395 g/mol. The minimum absolute atomic E-state index is 0. The van der Waals surface area contributed by atoms with Gasteiger partial charge in [-0.05, 0) is 43.0 Å². The zero-order valence-electron chi connectivity index (χ0n) is 13.4. The van der Waals surface area contributed by atoms with Crippen molar-refractivity contribution in [3.63, 3.8) is 0 Å². The van der Waals surface area contributed by atoms with Gasteiger partial charge in [0.1, 0.15) is 11.4 Å². The summed E-state index contributed by atoms with van der Waals surface area (Å²) < 4.78 is 14.4. The Labute approximate surface area is 156 Å². The molecule has 0 aromatic heterocycles. The van der Waals surface area contributed by atoms with Crippen molar-refractivity contribution in [1.82, 2.24) is 5.32 Å². The van der Waals surface area contributed by atoms with Crippen molar-refractivity contribution >= 4 is 34.2 Å². The number of carbonyl (C=O) groups is 1. The maximum atomic E-state index is 13.7. The molecule has 0 aliphatic carbocycles. The fraction of sp³-hybridized carbons (Fsp3) is 0.278. The summed E-state index contributed by atoms with van der Waals surface area (Å²) in [4.78, 5) is 12.3. The number of aryl methyl sites for hydroxylation is 1. The first-order valence-electron chi connectivity index (χ1n) is 7.48. The standard InChI is InChI=1S/C18H20BrFN2O.ClH/c1-18(21,14-7-3-2-4-8-14)17(23)22-11-5-6-13-9-10-15(19)12-16(13)20;/h2-4,7-10,12H,5-6,11,21H2,1H3,(H,22,23);1H. The third kappa shape index (κ3) is 5.30. The summed E-state index contributed by atoms with van der Waals surface area (Å²) in [5.74, 6) is -0.473. The maximum Gasteiger partial charge on any atom is 0.244 e. The van der Waals surface area contributed by atoms with Gasteiger partial charge in [0.25, 0.3) is 0 Å². The second-order valence-electron chi connectivity index (χ2n) is 5.66. The molecule has 0 heterocycles. The highest BCUT2D eigenvalue weighted by Gasteiger charge is 2.29. The van der Waals surface area contributed by atoms with Gasteiger partial charge in [0.05, 0.1) is 0 Å². The zero-order valence-corrected chi connectivity index (χ0v) is 15.8. The molecule has 2 aromatic rings. The van der Waals surface area contributed by atoms with E-state index in [9.17, 15) is 9.18 Å². The molecule has 0 fully saturated rings. The molecule has 0 bridgehead atoms. The van der Waals surface area contributed by atoms with Crippen LogP contribution in [0.3, 0.4) is 0 Å². The van der Waals surface area contributed by atoms with Gasteiger partial charge >= 0.3 is 0 Å². The molecule has 0 radical (unpaired) electrons. The van der Waals surface area contributed by atoms with Gasteiger partial charge in [-0.3, -0.25) is 4.79 Å². The van der Waals surface area contributed by atoms with E-state index < -0.39 is 5.54 Å². The number of benzene rings is 2. The Morgan fingerprint density at radius 3 is 2.54 bits per heavy atom. The second kappa shape index (κ2) is 9.16. The van der Waals surface area contributed by atoms with E-state index in [2.05, 4.69) is 21.2 Å². The van der Waals surface area contributed by atoms with Crippen LogP contribution in [0.25, 0.3) is 0 Å². The summed E-state index contributed by atoms with van der Waals surface area (Å²) >= 11 is 3.23. The van der Waals surface area contributed by atoms with Crippen molar-refractivity contribution < 1.29 is 9.18 Å². The van der Waals surface area contributed by atoms with Gasteiger partial charge in [-0.2, -0.15) is 0 Å². The average Bonchev–Trinajstić information content (AvgIpc) is 2.53. The summed E-state index contributed by atoms with van der Waals surface area (Å²) in [7, 11) is 0. The lowest BCUT2D eigenvalue weighted by molar-refractivity contribution is -0.126. The Morgan fingerprint density at radius 1 is 1.25 bits per heavy atom. The molecule has 2 aromatic carbocycles. The first-order valence-corrected chi connectivity index (χ1v) is 8.27. The third-order valence-electron chi connectivity index (χ3n) is 3.77. The van der Waals surface area contributed by atoms with Crippen LogP contribution in [0.2, 0.25) is 0 Å². The number of nitrogens with one attached hydrogen (secondary N) is 1. The topological polar surface area (TPSA) is 55.1 Å². The van der Waals surface area contributed by atoms with Gasteiger partial charge < -0.3 is 11.1 Å². The predicted octanol–water partition coefficient (Wildman–Crippen LogP) is 3.93. The van der Waals surface area contributed by atoms with Crippen molar-refractivity contribution in [2.45, 2.75) is 25.3 Å². The van der Waals surface area contributed by atoms with E-state index in [0.717, 1.165) is 5.56 Å². The monoisotopic (exact) mass is 414 g/mol. The lowest BCUT2D eigenvalue weighted by atomic mass is 9.92. The third-order valence-corrected chi connectivity index (χ3v) is 4.26. The number of rotatable bonds is 6. The normalized spacial score (nSPS) is 12.8. The Kier molecular flexibility index (Phi) is 7.87. The smallest absolute Gasteiger partial charge is 0.244 e. The minimum Gasteiger partial charge on any atom is -0.354 e. The van der Waals surface area contributed by atoms with Crippen LogP contribution in [-0.2, 0) is 16.8 Å². The Hall–Kier alpha value is -1.43. The number of carbonyl (C=O) groups excluding carboxylic acids is 1. The number of hydrogen-bond acceptors (Lipinski definition) is 2. The first-order chi connectivity index (χ1) is 10.9. The molecule has 3 nitrogen and oxygen atoms in total. The fourth-order valence-electron chi connectivity index (χ4n) is 2.30. The highest BCUT2D eigenvalue weighted by Crippen LogP contribution is 2.18. The molecule has 3 N–H and O–H groups in total.